The Kier molecular flexibility index (Phi) is 2.28. The summed E-state index contributed by atoms with van der Waals surface area (Å²) in [6.07, 6.45) is 8.61. The molecule has 2 aliphatic rings. The van der Waals surface area contributed by atoms with Crippen molar-refractivity contribution in [2.24, 2.45) is 11.7 Å². The number of hydrogen-bond acceptors (Lipinski definition) is 1. The number of rotatable bonds is 2. The number of aryl methyl sites for hydroxylation is 2. The molecule has 0 spiro atoms. The molecule has 2 heteroatoms. The normalized spacial score (nSPS) is 26.3. The average molecular weight is 240 g/mol. The minimum atomic E-state index is 0.425. The molecule has 2 aromatic rings. The highest BCUT2D eigenvalue weighted by molar-refractivity contribution is 5.88. The second kappa shape index (κ2) is 3.86. The van der Waals surface area contributed by atoms with Crippen LogP contribution in [0.3, 0.4) is 0 Å². The lowest BCUT2D eigenvalue weighted by molar-refractivity contribution is 0.479. The van der Waals surface area contributed by atoms with Crippen LogP contribution >= 0.6 is 0 Å². The molecule has 2 N–H and O–H groups in total. The number of hydrogen-bond donors (Lipinski definition) is 1. The van der Waals surface area contributed by atoms with Crippen LogP contribution in [-0.4, -0.2) is 10.6 Å². The van der Waals surface area contributed by atoms with E-state index in [1.807, 2.05) is 0 Å². The van der Waals surface area contributed by atoms with Gasteiger partial charge in [-0.25, -0.2) is 0 Å². The maximum atomic E-state index is 6.21. The Bertz CT molecular complexity index is 596. The SMILES string of the molecule is NC1CCCC1Cc1cn2c3c(cccc13)CC2. The van der Waals surface area contributed by atoms with Crippen molar-refractivity contribution in [2.75, 3.05) is 0 Å². The molecular weight excluding hydrogens is 220 g/mol. The third-order valence-electron chi connectivity index (χ3n) is 4.89. The minimum Gasteiger partial charge on any atom is -0.347 e. The Labute approximate surface area is 108 Å². The van der Waals surface area contributed by atoms with Gasteiger partial charge in [0.2, 0.25) is 0 Å². The topological polar surface area (TPSA) is 30.9 Å². The molecule has 0 radical (unpaired) electrons. The van der Waals surface area contributed by atoms with Gasteiger partial charge in [-0.2, -0.15) is 0 Å². The van der Waals surface area contributed by atoms with Crippen molar-refractivity contribution < 1.29 is 0 Å². The van der Waals surface area contributed by atoms with E-state index >= 15 is 0 Å². The first kappa shape index (κ1) is 10.6. The second-order valence-corrected chi connectivity index (χ2v) is 5.97. The summed E-state index contributed by atoms with van der Waals surface area (Å²) in [6.45, 7) is 1.16. The smallest absolute Gasteiger partial charge is 0.0516 e. The molecule has 1 aromatic carbocycles. The summed E-state index contributed by atoms with van der Waals surface area (Å²) in [5, 5.41) is 1.48. The fourth-order valence-corrected chi connectivity index (χ4v) is 3.89. The van der Waals surface area contributed by atoms with E-state index in [-0.39, 0.29) is 0 Å². The van der Waals surface area contributed by atoms with E-state index in [1.165, 1.54) is 54.1 Å². The van der Waals surface area contributed by atoms with Gasteiger partial charge in [0, 0.05) is 24.2 Å². The molecule has 94 valence electrons. The third-order valence-corrected chi connectivity index (χ3v) is 4.89. The zero-order chi connectivity index (χ0) is 12.1. The highest BCUT2D eigenvalue weighted by Crippen LogP contribution is 2.34. The zero-order valence-electron chi connectivity index (χ0n) is 10.7. The molecule has 1 aliphatic carbocycles. The first-order chi connectivity index (χ1) is 8.83. The first-order valence-corrected chi connectivity index (χ1v) is 7.18. The van der Waals surface area contributed by atoms with E-state index in [9.17, 15) is 0 Å². The van der Waals surface area contributed by atoms with E-state index in [4.69, 9.17) is 5.73 Å². The van der Waals surface area contributed by atoms with Crippen LogP contribution in [0.2, 0.25) is 0 Å². The number of nitrogens with zero attached hydrogens (tertiary/aromatic N) is 1. The summed E-state index contributed by atoms with van der Waals surface area (Å²) in [7, 11) is 0. The lowest BCUT2D eigenvalue weighted by Gasteiger charge is -2.14. The van der Waals surface area contributed by atoms with E-state index in [0.717, 1.165) is 6.54 Å². The molecule has 1 saturated carbocycles. The van der Waals surface area contributed by atoms with Gasteiger partial charge < -0.3 is 10.3 Å². The van der Waals surface area contributed by atoms with Crippen LogP contribution in [0, 0.1) is 5.92 Å². The molecule has 1 fully saturated rings. The predicted molar refractivity (Wildman–Crippen MR) is 74.7 cm³/mol. The Hall–Kier alpha value is -1.28. The van der Waals surface area contributed by atoms with Crippen molar-refractivity contribution in [1.82, 2.24) is 4.57 Å². The first-order valence-electron chi connectivity index (χ1n) is 7.18. The Morgan fingerprint density at radius 2 is 2.22 bits per heavy atom. The van der Waals surface area contributed by atoms with Crippen molar-refractivity contribution in [3.05, 3.63) is 35.5 Å². The summed E-state index contributed by atoms with van der Waals surface area (Å²) < 4.78 is 2.44. The number of benzene rings is 1. The average Bonchev–Trinajstić information content (AvgIpc) is 3.05. The molecule has 2 atom stereocenters. The lowest BCUT2D eigenvalue weighted by atomic mass is 9.94. The van der Waals surface area contributed by atoms with E-state index in [0.29, 0.717) is 12.0 Å². The number of nitrogens with two attached hydrogens (primary N) is 1. The second-order valence-electron chi connectivity index (χ2n) is 5.97. The molecule has 4 rings (SSSR count). The van der Waals surface area contributed by atoms with Gasteiger partial charge in [0.15, 0.2) is 0 Å². The van der Waals surface area contributed by atoms with Gasteiger partial charge in [-0.05, 0) is 42.7 Å². The maximum Gasteiger partial charge on any atom is 0.0516 e. The van der Waals surface area contributed by atoms with Crippen molar-refractivity contribution in [3.63, 3.8) is 0 Å². The van der Waals surface area contributed by atoms with Gasteiger partial charge in [0.1, 0.15) is 0 Å². The lowest BCUT2D eigenvalue weighted by Crippen LogP contribution is -2.25. The number of aromatic nitrogens is 1. The molecule has 2 heterocycles. The van der Waals surface area contributed by atoms with Crippen LogP contribution < -0.4 is 5.73 Å². The van der Waals surface area contributed by atoms with Crippen LogP contribution in [0.5, 0.6) is 0 Å². The zero-order valence-corrected chi connectivity index (χ0v) is 10.7. The van der Waals surface area contributed by atoms with Gasteiger partial charge in [0.05, 0.1) is 5.52 Å². The molecular formula is C16H20N2. The highest BCUT2D eigenvalue weighted by Gasteiger charge is 2.26. The summed E-state index contributed by atoms with van der Waals surface area (Å²) in [5.41, 5.74) is 10.7. The van der Waals surface area contributed by atoms with Crippen molar-refractivity contribution in [1.29, 1.82) is 0 Å². The minimum absolute atomic E-state index is 0.425. The van der Waals surface area contributed by atoms with E-state index < -0.39 is 0 Å². The fraction of sp³-hybridized carbons (Fsp3) is 0.500. The van der Waals surface area contributed by atoms with Gasteiger partial charge in [-0.1, -0.05) is 24.6 Å². The molecule has 0 bridgehead atoms. The Balaban J connectivity index is 1.75. The largest absolute Gasteiger partial charge is 0.347 e. The predicted octanol–water partition coefficient (Wildman–Crippen LogP) is 2.87. The van der Waals surface area contributed by atoms with Crippen LogP contribution in [0.25, 0.3) is 10.9 Å². The van der Waals surface area contributed by atoms with Gasteiger partial charge in [-0.15, -0.1) is 0 Å². The highest BCUT2D eigenvalue weighted by atomic mass is 15.0. The number of para-hydroxylation sites is 1. The van der Waals surface area contributed by atoms with Gasteiger partial charge in [0.25, 0.3) is 0 Å². The molecule has 1 aliphatic heterocycles. The van der Waals surface area contributed by atoms with E-state index in [1.54, 1.807) is 0 Å². The van der Waals surface area contributed by atoms with Crippen LogP contribution in [0.1, 0.15) is 30.4 Å². The van der Waals surface area contributed by atoms with Crippen LogP contribution in [0.15, 0.2) is 24.4 Å². The summed E-state index contributed by atoms with van der Waals surface area (Å²) in [4.78, 5) is 0. The standard InChI is InChI=1S/C16H20N2/c17-15-6-2-4-12(15)9-13-10-18-8-7-11-3-1-5-14(13)16(11)18/h1,3,5,10,12,15H,2,4,6-9,17H2. The molecule has 2 unspecified atom stereocenters. The van der Waals surface area contributed by atoms with Gasteiger partial charge >= 0.3 is 0 Å². The Morgan fingerprint density at radius 3 is 3.06 bits per heavy atom. The van der Waals surface area contributed by atoms with E-state index in [2.05, 4.69) is 29.0 Å². The Morgan fingerprint density at radius 1 is 1.28 bits per heavy atom. The molecule has 0 amide bonds. The summed E-state index contributed by atoms with van der Waals surface area (Å²) in [6, 6.07) is 7.20. The fourth-order valence-electron chi connectivity index (χ4n) is 3.89. The summed E-state index contributed by atoms with van der Waals surface area (Å²) in [5.74, 6) is 0.701. The van der Waals surface area contributed by atoms with Crippen LogP contribution in [-0.2, 0) is 19.4 Å². The van der Waals surface area contributed by atoms with Crippen molar-refractivity contribution in [3.8, 4) is 0 Å². The third kappa shape index (κ3) is 1.45. The maximum absolute atomic E-state index is 6.21. The molecule has 2 nitrogen and oxygen atoms in total. The summed E-state index contributed by atoms with van der Waals surface area (Å²) >= 11 is 0. The van der Waals surface area contributed by atoms with Gasteiger partial charge in [-0.3, -0.25) is 0 Å². The molecule has 0 saturated heterocycles. The monoisotopic (exact) mass is 240 g/mol. The van der Waals surface area contributed by atoms with Crippen LogP contribution in [0.4, 0.5) is 0 Å². The van der Waals surface area contributed by atoms with Crippen molar-refractivity contribution in [2.45, 2.75) is 44.7 Å². The quantitative estimate of drug-likeness (QED) is 0.859. The molecule has 1 aromatic heterocycles. The molecule has 18 heavy (non-hydrogen) atoms. The van der Waals surface area contributed by atoms with Crippen molar-refractivity contribution >= 4 is 10.9 Å².